The molecule has 2 aromatic heterocycles. The number of aromatic nitrogens is 3. The first-order valence-electron chi connectivity index (χ1n) is 8.78. The quantitative estimate of drug-likeness (QED) is 0.731. The Bertz CT molecular complexity index is 835. The lowest BCUT2D eigenvalue weighted by Crippen LogP contribution is -2.57. The van der Waals surface area contributed by atoms with Crippen molar-refractivity contribution in [3.05, 3.63) is 41.3 Å². The summed E-state index contributed by atoms with van der Waals surface area (Å²) in [7, 11) is 0. The number of hydrogen-bond donors (Lipinski definition) is 3. The first kappa shape index (κ1) is 18.1. The Morgan fingerprint density at radius 1 is 1.42 bits per heavy atom. The van der Waals surface area contributed by atoms with Crippen molar-refractivity contribution >= 4 is 11.8 Å². The van der Waals surface area contributed by atoms with Crippen LogP contribution in [-0.4, -0.2) is 38.7 Å². The Kier molecular flexibility index (Phi) is 5.05. The zero-order valence-corrected chi connectivity index (χ0v) is 15.3. The van der Waals surface area contributed by atoms with Crippen LogP contribution < -0.4 is 10.6 Å². The van der Waals surface area contributed by atoms with Crippen LogP contribution in [-0.2, 0) is 6.42 Å². The summed E-state index contributed by atoms with van der Waals surface area (Å²) >= 11 is 0. The highest BCUT2D eigenvalue weighted by Gasteiger charge is 2.47. The molecule has 2 heterocycles. The Balaban J connectivity index is 0.00000261. The number of anilines is 2. The van der Waals surface area contributed by atoms with Crippen molar-refractivity contribution in [2.24, 2.45) is 5.41 Å². The molecule has 1 saturated carbocycles. The van der Waals surface area contributed by atoms with Crippen molar-refractivity contribution in [2.75, 3.05) is 17.2 Å². The van der Waals surface area contributed by atoms with Crippen molar-refractivity contribution in [3.8, 4) is 6.07 Å². The zero-order chi connectivity index (χ0) is 18.7. The van der Waals surface area contributed by atoms with Crippen molar-refractivity contribution in [2.45, 2.75) is 45.8 Å². The first-order valence-corrected chi connectivity index (χ1v) is 8.78. The topological polar surface area (TPSA) is 107 Å². The Morgan fingerprint density at radius 3 is 2.88 bits per heavy atom. The summed E-state index contributed by atoms with van der Waals surface area (Å²) < 4.78 is 0. The molecule has 7 nitrogen and oxygen atoms in total. The molecule has 2 aromatic rings. The minimum Gasteiger partial charge on any atom is -0.392 e. The molecule has 0 radical (unpaired) electrons. The molecule has 2 atom stereocenters. The van der Waals surface area contributed by atoms with Gasteiger partial charge in [0.1, 0.15) is 17.5 Å². The van der Waals surface area contributed by atoms with Crippen LogP contribution in [0.15, 0.2) is 24.5 Å². The molecule has 3 N–H and O–H groups in total. The molecule has 0 aromatic carbocycles. The molecule has 0 bridgehead atoms. The molecular weight excluding hydrogens is 328 g/mol. The lowest BCUT2D eigenvalue weighted by Gasteiger charge is -2.49. The van der Waals surface area contributed by atoms with Gasteiger partial charge in [-0.25, -0.2) is 4.98 Å². The SMILES string of the molecule is Cc1cccnc1CCNc1ncc(C#N)c(N[C@@H]2C[C@H](O)C2(C)C)n1.[HH]. The number of nitrogens with zero attached hydrogens (tertiary/aromatic N) is 4. The molecule has 26 heavy (non-hydrogen) atoms. The number of aliphatic hydroxyl groups excluding tert-OH is 1. The zero-order valence-electron chi connectivity index (χ0n) is 15.3. The van der Waals surface area contributed by atoms with Crippen molar-refractivity contribution < 1.29 is 6.53 Å². The molecule has 0 spiro atoms. The van der Waals surface area contributed by atoms with E-state index in [-0.39, 0.29) is 19.0 Å². The van der Waals surface area contributed by atoms with E-state index in [1.54, 1.807) is 6.20 Å². The Labute approximate surface area is 155 Å². The molecule has 138 valence electrons. The van der Waals surface area contributed by atoms with Crippen LogP contribution >= 0.6 is 0 Å². The molecule has 0 aliphatic heterocycles. The fourth-order valence-corrected chi connectivity index (χ4v) is 3.04. The van der Waals surface area contributed by atoms with Gasteiger partial charge in [0.25, 0.3) is 0 Å². The highest BCUT2D eigenvalue weighted by Crippen LogP contribution is 2.42. The van der Waals surface area contributed by atoms with Crippen molar-refractivity contribution in [3.63, 3.8) is 0 Å². The number of pyridine rings is 1. The molecule has 1 aliphatic rings. The minimum atomic E-state index is -0.341. The minimum absolute atomic E-state index is 0. The summed E-state index contributed by atoms with van der Waals surface area (Å²) in [5, 5.41) is 25.7. The van der Waals surface area contributed by atoms with Crippen LogP contribution in [0.4, 0.5) is 11.8 Å². The van der Waals surface area contributed by atoms with Gasteiger partial charge >= 0.3 is 0 Å². The molecule has 3 rings (SSSR count). The number of nitriles is 1. The number of nitrogens with one attached hydrogen (secondary N) is 2. The third-order valence-corrected chi connectivity index (χ3v) is 5.20. The number of aliphatic hydroxyl groups is 1. The lowest BCUT2D eigenvalue weighted by atomic mass is 9.64. The highest BCUT2D eigenvalue weighted by atomic mass is 16.3. The maximum Gasteiger partial charge on any atom is 0.224 e. The molecule has 0 saturated heterocycles. The van der Waals surface area contributed by atoms with Gasteiger partial charge in [-0.05, 0) is 25.0 Å². The van der Waals surface area contributed by atoms with E-state index in [9.17, 15) is 10.4 Å². The molecule has 1 aliphatic carbocycles. The smallest absolute Gasteiger partial charge is 0.224 e. The van der Waals surface area contributed by atoms with Crippen LogP contribution in [0, 0.1) is 23.7 Å². The van der Waals surface area contributed by atoms with Crippen LogP contribution in [0.5, 0.6) is 0 Å². The van der Waals surface area contributed by atoms with Crippen LogP contribution in [0.25, 0.3) is 0 Å². The molecular formula is C19H26N6O. The second-order valence-electron chi connectivity index (χ2n) is 7.28. The second-order valence-corrected chi connectivity index (χ2v) is 7.28. The van der Waals surface area contributed by atoms with E-state index in [4.69, 9.17) is 0 Å². The van der Waals surface area contributed by atoms with Crippen LogP contribution in [0.3, 0.4) is 0 Å². The van der Waals surface area contributed by atoms with E-state index in [2.05, 4.69) is 31.7 Å². The van der Waals surface area contributed by atoms with Crippen molar-refractivity contribution in [1.29, 1.82) is 5.26 Å². The summed E-state index contributed by atoms with van der Waals surface area (Å²) in [6.07, 6.45) is 4.37. The van der Waals surface area contributed by atoms with E-state index in [0.717, 1.165) is 17.7 Å². The van der Waals surface area contributed by atoms with E-state index < -0.39 is 0 Å². The molecule has 0 unspecified atom stereocenters. The fraction of sp³-hybridized carbons (Fsp3) is 0.474. The summed E-state index contributed by atoms with van der Waals surface area (Å²) in [4.78, 5) is 13.0. The lowest BCUT2D eigenvalue weighted by molar-refractivity contribution is -0.0511. The average molecular weight is 354 g/mol. The van der Waals surface area contributed by atoms with Gasteiger partial charge in [-0.15, -0.1) is 0 Å². The maximum atomic E-state index is 9.90. The fourth-order valence-electron chi connectivity index (χ4n) is 3.04. The average Bonchev–Trinajstić information content (AvgIpc) is 2.63. The van der Waals surface area contributed by atoms with Gasteiger partial charge in [-0.1, -0.05) is 19.9 Å². The van der Waals surface area contributed by atoms with Crippen molar-refractivity contribution in [1.82, 2.24) is 15.0 Å². The standard InChI is InChI=1S/C19H24N6O.H2/c1-12-5-4-7-21-14(12)6-8-22-18-23-11-13(10-20)17(25-18)24-15-9-16(26)19(15,2)3;/h4-5,7,11,15-16,26H,6,8-9H2,1-3H3,(H2,22,23,24,25);1H/t15-,16+;/m1./s1. The summed E-state index contributed by atoms with van der Waals surface area (Å²) in [6, 6.07) is 6.15. The summed E-state index contributed by atoms with van der Waals surface area (Å²) in [5.74, 6) is 0.974. The highest BCUT2D eigenvalue weighted by molar-refractivity contribution is 5.54. The predicted octanol–water partition coefficient (Wildman–Crippen LogP) is 2.52. The van der Waals surface area contributed by atoms with Gasteiger partial charge in [-0.2, -0.15) is 10.2 Å². The normalized spacial score (nSPS) is 20.7. The van der Waals surface area contributed by atoms with E-state index in [1.807, 2.05) is 32.9 Å². The van der Waals surface area contributed by atoms with Gasteiger partial charge in [0.05, 0.1) is 12.3 Å². The molecule has 0 amide bonds. The third kappa shape index (κ3) is 3.60. The maximum absolute atomic E-state index is 9.90. The van der Waals surface area contributed by atoms with Gasteiger partial charge < -0.3 is 15.7 Å². The van der Waals surface area contributed by atoms with Gasteiger partial charge in [0, 0.05) is 37.7 Å². The molecule has 7 heteroatoms. The van der Waals surface area contributed by atoms with E-state index >= 15 is 0 Å². The number of rotatable bonds is 6. The van der Waals surface area contributed by atoms with E-state index in [1.165, 1.54) is 6.20 Å². The molecule has 1 fully saturated rings. The predicted molar refractivity (Wildman–Crippen MR) is 102 cm³/mol. The second kappa shape index (κ2) is 7.26. The third-order valence-electron chi connectivity index (χ3n) is 5.20. The van der Waals surface area contributed by atoms with Gasteiger partial charge in [-0.3, -0.25) is 4.98 Å². The summed E-state index contributed by atoms with van der Waals surface area (Å²) in [5.41, 5.74) is 2.34. The van der Waals surface area contributed by atoms with Gasteiger partial charge in [0.2, 0.25) is 5.95 Å². The largest absolute Gasteiger partial charge is 0.392 e. The van der Waals surface area contributed by atoms with Crippen LogP contribution in [0.1, 0.15) is 38.5 Å². The van der Waals surface area contributed by atoms with Crippen LogP contribution in [0.2, 0.25) is 0 Å². The monoisotopic (exact) mass is 354 g/mol. The Morgan fingerprint density at radius 2 is 2.23 bits per heavy atom. The Hall–Kier alpha value is -2.72. The number of hydrogen-bond acceptors (Lipinski definition) is 7. The van der Waals surface area contributed by atoms with Gasteiger partial charge in [0.15, 0.2) is 0 Å². The van der Waals surface area contributed by atoms with E-state index in [0.29, 0.717) is 30.3 Å². The summed E-state index contributed by atoms with van der Waals surface area (Å²) in [6.45, 7) is 6.69. The number of aryl methyl sites for hydroxylation is 1. The first-order chi connectivity index (χ1) is 12.4.